The van der Waals surface area contributed by atoms with Gasteiger partial charge in [-0.1, -0.05) is 0 Å². The molecule has 8 nitrogen and oxygen atoms in total. The zero-order valence-electron chi connectivity index (χ0n) is 14.8. The van der Waals surface area contributed by atoms with Crippen LogP contribution in [0.25, 0.3) is 0 Å². The van der Waals surface area contributed by atoms with Crippen molar-refractivity contribution in [3.8, 4) is 0 Å². The fourth-order valence-corrected chi connectivity index (χ4v) is 1.94. The lowest BCUT2D eigenvalue weighted by atomic mass is 10.1. The van der Waals surface area contributed by atoms with Gasteiger partial charge < -0.3 is 23.7 Å². The van der Waals surface area contributed by atoms with E-state index in [0.29, 0.717) is 0 Å². The molecule has 24 heavy (non-hydrogen) atoms. The van der Waals surface area contributed by atoms with Gasteiger partial charge in [-0.15, -0.1) is 0 Å². The van der Waals surface area contributed by atoms with Gasteiger partial charge in [-0.2, -0.15) is 0 Å². The van der Waals surface area contributed by atoms with E-state index < -0.39 is 42.0 Å². The Labute approximate surface area is 141 Å². The van der Waals surface area contributed by atoms with Crippen LogP contribution in [-0.4, -0.2) is 48.6 Å². The summed E-state index contributed by atoms with van der Waals surface area (Å²) in [5.41, 5.74) is -0.593. The Morgan fingerprint density at radius 2 is 1.71 bits per heavy atom. The molecule has 136 valence electrons. The van der Waals surface area contributed by atoms with Gasteiger partial charge in [0, 0.05) is 26.8 Å². The normalized spacial score (nSPS) is 23.9. The lowest BCUT2D eigenvalue weighted by molar-refractivity contribution is -0.241. The molecule has 0 radical (unpaired) electrons. The molecule has 0 spiro atoms. The van der Waals surface area contributed by atoms with Gasteiger partial charge in [-0.3, -0.25) is 14.4 Å². The van der Waals surface area contributed by atoms with Crippen molar-refractivity contribution in [3.05, 3.63) is 11.8 Å². The molecule has 0 aromatic heterocycles. The summed E-state index contributed by atoms with van der Waals surface area (Å²) >= 11 is 0. The number of rotatable bonds is 5. The summed E-state index contributed by atoms with van der Waals surface area (Å²) in [7, 11) is 0. The zero-order chi connectivity index (χ0) is 18.5. The number of carbonyl (C=O) groups excluding carboxylic acids is 3. The molecule has 0 saturated heterocycles. The summed E-state index contributed by atoms with van der Waals surface area (Å²) in [6, 6.07) is 0. The maximum Gasteiger partial charge on any atom is 0.307 e. The van der Waals surface area contributed by atoms with Crippen LogP contribution in [0.3, 0.4) is 0 Å². The molecule has 0 saturated carbocycles. The Bertz CT molecular complexity index is 517. The second-order valence-electron chi connectivity index (χ2n) is 6.28. The van der Waals surface area contributed by atoms with Crippen molar-refractivity contribution >= 4 is 17.9 Å². The fourth-order valence-electron chi connectivity index (χ4n) is 1.94. The first-order valence-electron chi connectivity index (χ1n) is 7.52. The van der Waals surface area contributed by atoms with Gasteiger partial charge in [0.25, 0.3) is 0 Å². The molecule has 3 atom stereocenters. The van der Waals surface area contributed by atoms with E-state index >= 15 is 0 Å². The molecule has 0 aromatic rings. The van der Waals surface area contributed by atoms with Crippen molar-refractivity contribution in [1.82, 2.24) is 0 Å². The quantitative estimate of drug-likeness (QED) is 0.546. The molecule has 1 rings (SSSR count). The number of hydrogen-bond donors (Lipinski definition) is 0. The van der Waals surface area contributed by atoms with Gasteiger partial charge in [0.1, 0.15) is 12.7 Å². The van der Waals surface area contributed by atoms with Crippen molar-refractivity contribution < 1.29 is 38.1 Å². The Balaban J connectivity index is 3.07. The lowest BCUT2D eigenvalue weighted by Crippen LogP contribution is -2.46. The maximum atomic E-state index is 11.3. The van der Waals surface area contributed by atoms with Gasteiger partial charge in [0.05, 0.1) is 5.60 Å². The van der Waals surface area contributed by atoms with Crippen LogP contribution in [0, 0.1) is 0 Å². The third kappa shape index (κ3) is 7.10. The molecule has 0 unspecified atom stereocenters. The van der Waals surface area contributed by atoms with Crippen LogP contribution >= 0.6 is 0 Å². The molecule has 1 heterocycles. The number of hydrogen-bond acceptors (Lipinski definition) is 8. The second kappa shape index (κ2) is 8.25. The van der Waals surface area contributed by atoms with Crippen molar-refractivity contribution in [1.29, 1.82) is 0 Å². The molecule has 0 amide bonds. The van der Waals surface area contributed by atoms with Crippen LogP contribution in [0.1, 0.15) is 41.5 Å². The monoisotopic (exact) mass is 344 g/mol. The highest BCUT2D eigenvalue weighted by molar-refractivity contribution is 5.68. The van der Waals surface area contributed by atoms with E-state index in [1.54, 1.807) is 20.8 Å². The van der Waals surface area contributed by atoms with Crippen LogP contribution < -0.4 is 0 Å². The topological polar surface area (TPSA) is 97.4 Å². The molecule has 1 aliphatic heterocycles. The van der Waals surface area contributed by atoms with E-state index in [1.807, 2.05) is 0 Å². The molecule has 0 aromatic carbocycles. The summed E-state index contributed by atoms with van der Waals surface area (Å²) < 4.78 is 26.6. The van der Waals surface area contributed by atoms with E-state index in [-0.39, 0.29) is 12.4 Å². The highest BCUT2D eigenvalue weighted by atomic mass is 16.7. The summed E-state index contributed by atoms with van der Waals surface area (Å²) in [5.74, 6) is -1.52. The third-order valence-corrected chi connectivity index (χ3v) is 2.70. The Morgan fingerprint density at radius 1 is 1.08 bits per heavy atom. The molecular weight excluding hydrogens is 320 g/mol. The first kappa shape index (κ1) is 20.1. The minimum Gasteiger partial charge on any atom is -0.463 e. The minimum absolute atomic E-state index is 0.0859. The van der Waals surface area contributed by atoms with Crippen LogP contribution in [0.5, 0.6) is 0 Å². The van der Waals surface area contributed by atoms with Gasteiger partial charge in [0.15, 0.2) is 11.9 Å². The lowest BCUT2D eigenvalue weighted by Gasteiger charge is -2.36. The predicted octanol–water partition coefficient (Wildman–Crippen LogP) is 1.47. The first-order chi connectivity index (χ1) is 11.0. The van der Waals surface area contributed by atoms with Gasteiger partial charge in [-0.05, 0) is 20.8 Å². The summed E-state index contributed by atoms with van der Waals surface area (Å²) in [4.78, 5) is 33.6. The molecule has 0 bridgehead atoms. The summed E-state index contributed by atoms with van der Waals surface area (Å²) in [6.07, 6.45) is -1.24. The molecule has 8 heteroatoms. The van der Waals surface area contributed by atoms with E-state index in [4.69, 9.17) is 23.7 Å². The molecule has 1 aliphatic rings. The van der Waals surface area contributed by atoms with Gasteiger partial charge in [0.2, 0.25) is 6.29 Å². The summed E-state index contributed by atoms with van der Waals surface area (Å²) in [5, 5.41) is 0. The largest absolute Gasteiger partial charge is 0.463 e. The zero-order valence-corrected chi connectivity index (χ0v) is 14.8. The fraction of sp³-hybridized carbons (Fsp3) is 0.688. The Kier molecular flexibility index (Phi) is 6.92. The van der Waals surface area contributed by atoms with E-state index in [1.165, 1.54) is 26.8 Å². The third-order valence-electron chi connectivity index (χ3n) is 2.70. The Morgan fingerprint density at radius 3 is 2.17 bits per heavy atom. The van der Waals surface area contributed by atoms with Crippen molar-refractivity contribution in [3.63, 3.8) is 0 Å². The highest BCUT2D eigenvalue weighted by Crippen LogP contribution is 2.27. The Hall–Kier alpha value is -1.93. The van der Waals surface area contributed by atoms with Gasteiger partial charge in [-0.25, -0.2) is 0 Å². The maximum absolute atomic E-state index is 11.3. The molecule has 0 fully saturated rings. The first-order valence-corrected chi connectivity index (χ1v) is 7.52. The summed E-state index contributed by atoms with van der Waals surface area (Å²) in [6.45, 7) is 9.01. The van der Waals surface area contributed by atoms with E-state index in [2.05, 4.69) is 0 Å². The van der Waals surface area contributed by atoms with E-state index in [9.17, 15) is 14.4 Å². The van der Waals surface area contributed by atoms with Crippen LogP contribution in [0.4, 0.5) is 0 Å². The molecular formula is C16H24O8. The van der Waals surface area contributed by atoms with Crippen LogP contribution in [-0.2, 0) is 38.1 Å². The van der Waals surface area contributed by atoms with Crippen LogP contribution in [0.15, 0.2) is 11.8 Å². The van der Waals surface area contributed by atoms with Crippen LogP contribution in [0.2, 0.25) is 0 Å². The second-order valence-corrected chi connectivity index (χ2v) is 6.28. The minimum atomic E-state index is -0.999. The number of ether oxygens (including phenoxy) is 5. The molecule has 0 N–H and O–H groups in total. The van der Waals surface area contributed by atoms with E-state index in [0.717, 1.165) is 0 Å². The molecule has 0 aliphatic carbocycles. The van der Waals surface area contributed by atoms with Crippen molar-refractivity contribution in [2.24, 2.45) is 0 Å². The van der Waals surface area contributed by atoms with Crippen molar-refractivity contribution in [2.45, 2.75) is 65.6 Å². The average molecular weight is 344 g/mol. The SMILES string of the molecule is CC(=O)OC[C@H]1O[C@H](OC(C)(C)C)C(OC(C)=O)=C[C@@H]1OC(C)=O. The highest BCUT2D eigenvalue weighted by Gasteiger charge is 2.38. The smallest absolute Gasteiger partial charge is 0.307 e. The predicted molar refractivity (Wildman–Crippen MR) is 81.5 cm³/mol. The van der Waals surface area contributed by atoms with Gasteiger partial charge >= 0.3 is 17.9 Å². The number of carbonyl (C=O) groups is 3. The average Bonchev–Trinajstić information content (AvgIpc) is 2.37. The van der Waals surface area contributed by atoms with Crippen molar-refractivity contribution in [2.75, 3.05) is 6.61 Å². The number of esters is 3. The standard InChI is InChI=1S/C16H24O8/c1-9(17)20-8-14-12(21-10(2)18)7-13(22-11(3)19)15(23-14)24-16(4,5)6/h7,12,14-15H,8H2,1-6H3/t12-,14+,15+/m0/s1.